The molecule has 0 saturated heterocycles. The van der Waals surface area contributed by atoms with Crippen molar-refractivity contribution in [1.29, 1.82) is 0 Å². The van der Waals surface area contributed by atoms with Gasteiger partial charge in [0.15, 0.2) is 0 Å². The van der Waals surface area contributed by atoms with Crippen LogP contribution in [0.2, 0.25) is 0 Å². The molecular formula is C29H34FN3O4S. The highest BCUT2D eigenvalue weighted by Crippen LogP contribution is 2.25. The minimum absolute atomic E-state index is 0.120. The molecule has 0 aromatic heterocycles. The van der Waals surface area contributed by atoms with Crippen molar-refractivity contribution >= 4 is 27.5 Å². The number of nitrogens with one attached hydrogen (secondary N) is 1. The first-order valence-electron chi connectivity index (χ1n) is 12.4. The Morgan fingerprint density at radius 2 is 1.45 bits per heavy atom. The second kappa shape index (κ2) is 12.2. The number of benzene rings is 3. The van der Waals surface area contributed by atoms with Gasteiger partial charge in [-0.25, -0.2) is 12.8 Å². The lowest BCUT2D eigenvalue weighted by atomic mass is 10.1. The summed E-state index contributed by atoms with van der Waals surface area (Å²) in [5.74, 6) is -1.44. The summed E-state index contributed by atoms with van der Waals surface area (Å²) in [4.78, 5) is 28.4. The van der Waals surface area contributed by atoms with E-state index >= 15 is 0 Å². The Labute approximate surface area is 224 Å². The first-order valence-corrected chi connectivity index (χ1v) is 13.8. The molecule has 3 rings (SSSR count). The number of hydrogen-bond acceptors (Lipinski definition) is 4. The summed E-state index contributed by atoms with van der Waals surface area (Å²) in [5.41, 5.74) is 0.557. The van der Waals surface area contributed by atoms with Crippen LogP contribution in [0, 0.1) is 5.82 Å². The maximum atomic E-state index is 13.9. The lowest BCUT2D eigenvalue weighted by Crippen LogP contribution is -2.55. The topological polar surface area (TPSA) is 86.8 Å². The number of rotatable bonds is 10. The molecule has 3 aromatic carbocycles. The maximum absolute atomic E-state index is 13.9. The Kier molecular flexibility index (Phi) is 9.27. The number of carbonyl (C=O) groups excluding carboxylic acids is 2. The molecule has 1 N–H and O–H groups in total. The summed E-state index contributed by atoms with van der Waals surface area (Å²) >= 11 is 0. The number of anilines is 1. The van der Waals surface area contributed by atoms with Gasteiger partial charge < -0.3 is 10.2 Å². The Morgan fingerprint density at radius 3 is 1.97 bits per heavy atom. The third kappa shape index (κ3) is 7.41. The summed E-state index contributed by atoms with van der Waals surface area (Å²) < 4.78 is 41.9. The molecule has 1 atom stereocenters. The van der Waals surface area contributed by atoms with Crippen molar-refractivity contribution in [3.8, 4) is 0 Å². The van der Waals surface area contributed by atoms with Gasteiger partial charge in [0, 0.05) is 12.1 Å². The summed E-state index contributed by atoms with van der Waals surface area (Å²) in [5, 5.41) is 2.94. The summed E-state index contributed by atoms with van der Waals surface area (Å²) in [7, 11) is -4.24. The van der Waals surface area contributed by atoms with E-state index in [-0.39, 0.29) is 23.0 Å². The third-order valence-electron chi connectivity index (χ3n) is 5.80. The van der Waals surface area contributed by atoms with Crippen molar-refractivity contribution in [1.82, 2.24) is 10.2 Å². The first kappa shape index (κ1) is 28.8. The lowest BCUT2D eigenvalue weighted by molar-refractivity contribution is -0.141. The van der Waals surface area contributed by atoms with Crippen molar-refractivity contribution in [2.24, 2.45) is 0 Å². The molecule has 1 unspecified atom stereocenters. The molecule has 9 heteroatoms. The number of halogens is 1. The molecule has 0 bridgehead atoms. The standard InChI is InChI=1S/C29H34FN3O4S/c1-5-26(28(35)31-29(2,3)4)32(20-22-12-8-6-9-13-22)27(34)21-33(24-14-10-7-11-15-24)38(36,37)25-18-16-23(30)17-19-25/h6-19,26H,5,20-21H2,1-4H3,(H,31,35). The normalized spacial score (nSPS) is 12.4. The molecule has 7 nitrogen and oxygen atoms in total. The molecule has 0 fully saturated rings. The SMILES string of the molecule is CCC(C(=O)NC(C)(C)C)N(Cc1ccccc1)C(=O)CN(c1ccccc1)S(=O)(=O)c1ccc(F)cc1. The van der Waals surface area contributed by atoms with Crippen molar-refractivity contribution in [2.45, 2.75) is 57.1 Å². The largest absolute Gasteiger partial charge is 0.350 e. The van der Waals surface area contributed by atoms with E-state index in [1.165, 1.54) is 17.0 Å². The van der Waals surface area contributed by atoms with E-state index in [4.69, 9.17) is 0 Å². The Balaban J connectivity index is 2.03. The molecule has 0 aliphatic carbocycles. The van der Waals surface area contributed by atoms with Crippen LogP contribution < -0.4 is 9.62 Å². The van der Waals surface area contributed by atoms with Crippen LogP contribution in [0.4, 0.5) is 10.1 Å². The van der Waals surface area contributed by atoms with Gasteiger partial charge in [0.05, 0.1) is 10.6 Å². The zero-order valence-corrected chi connectivity index (χ0v) is 22.9. The fourth-order valence-electron chi connectivity index (χ4n) is 4.01. The molecule has 0 aliphatic rings. The van der Waals surface area contributed by atoms with Gasteiger partial charge in [-0.05, 0) is 69.2 Å². The van der Waals surface area contributed by atoms with Crippen LogP contribution in [-0.2, 0) is 26.2 Å². The van der Waals surface area contributed by atoms with Gasteiger partial charge in [0.1, 0.15) is 18.4 Å². The van der Waals surface area contributed by atoms with Gasteiger partial charge >= 0.3 is 0 Å². The lowest BCUT2D eigenvalue weighted by Gasteiger charge is -2.34. The van der Waals surface area contributed by atoms with Gasteiger partial charge in [-0.2, -0.15) is 0 Å². The second-order valence-corrected chi connectivity index (χ2v) is 11.8. The number of nitrogens with zero attached hydrogens (tertiary/aromatic N) is 2. The second-order valence-electron chi connectivity index (χ2n) is 9.97. The predicted molar refractivity (Wildman–Crippen MR) is 146 cm³/mol. The molecular weight excluding hydrogens is 505 g/mol. The van der Waals surface area contributed by atoms with E-state index in [1.807, 2.05) is 58.0 Å². The van der Waals surface area contributed by atoms with E-state index in [9.17, 15) is 22.4 Å². The van der Waals surface area contributed by atoms with Gasteiger partial charge in [-0.3, -0.25) is 13.9 Å². The van der Waals surface area contributed by atoms with Gasteiger partial charge in [0.25, 0.3) is 10.0 Å². The molecule has 202 valence electrons. The number of para-hydroxylation sites is 1. The third-order valence-corrected chi connectivity index (χ3v) is 7.59. The predicted octanol–water partition coefficient (Wildman–Crippen LogP) is 4.74. The molecule has 2 amide bonds. The van der Waals surface area contributed by atoms with Crippen LogP contribution in [0.5, 0.6) is 0 Å². The van der Waals surface area contributed by atoms with Crippen LogP contribution in [0.3, 0.4) is 0 Å². The van der Waals surface area contributed by atoms with Crippen molar-refractivity contribution in [3.05, 3.63) is 96.3 Å². The minimum atomic E-state index is -4.24. The first-order chi connectivity index (χ1) is 17.9. The summed E-state index contributed by atoms with van der Waals surface area (Å²) in [6.45, 7) is 6.95. The van der Waals surface area contributed by atoms with E-state index < -0.39 is 39.9 Å². The number of amides is 2. The average molecular weight is 540 g/mol. The van der Waals surface area contributed by atoms with Crippen LogP contribution >= 0.6 is 0 Å². The van der Waals surface area contributed by atoms with E-state index in [2.05, 4.69) is 5.32 Å². The molecule has 3 aromatic rings. The van der Waals surface area contributed by atoms with E-state index in [0.29, 0.717) is 6.42 Å². The van der Waals surface area contributed by atoms with Crippen LogP contribution in [0.15, 0.2) is 89.8 Å². The average Bonchev–Trinajstić information content (AvgIpc) is 2.87. The molecule has 0 spiro atoms. The Morgan fingerprint density at radius 1 is 0.895 bits per heavy atom. The highest BCUT2D eigenvalue weighted by molar-refractivity contribution is 7.92. The van der Waals surface area contributed by atoms with Crippen molar-refractivity contribution in [3.63, 3.8) is 0 Å². The van der Waals surface area contributed by atoms with Crippen LogP contribution in [0.1, 0.15) is 39.7 Å². The Hall–Kier alpha value is -3.72. The van der Waals surface area contributed by atoms with Gasteiger partial charge in [-0.15, -0.1) is 0 Å². The minimum Gasteiger partial charge on any atom is -0.350 e. The van der Waals surface area contributed by atoms with Crippen molar-refractivity contribution in [2.75, 3.05) is 10.8 Å². The summed E-state index contributed by atoms with van der Waals surface area (Å²) in [6.07, 6.45) is 0.330. The number of carbonyl (C=O) groups is 2. The summed E-state index contributed by atoms with van der Waals surface area (Å²) in [6, 6.07) is 21.1. The van der Waals surface area contributed by atoms with Crippen LogP contribution in [0.25, 0.3) is 0 Å². The maximum Gasteiger partial charge on any atom is 0.264 e. The fourth-order valence-corrected chi connectivity index (χ4v) is 5.42. The van der Waals surface area contributed by atoms with Gasteiger partial charge in [0.2, 0.25) is 11.8 Å². The molecule has 0 heterocycles. The molecule has 0 saturated carbocycles. The highest BCUT2D eigenvalue weighted by Gasteiger charge is 2.34. The molecule has 0 radical (unpaired) electrons. The Bertz CT molecular complexity index is 1330. The van der Waals surface area contributed by atoms with Crippen LogP contribution in [-0.4, -0.2) is 43.3 Å². The molecule has 0 aliphatic heterocycles. The van der Waals surface area contributed by atoms with E-state index in [1.54, 1.807) is 30.3 Å². The smallest absolute Gasteiger partial charge is 0.264 e. The monoisotopic (exact) mass is 539 g/mol. The zero-order valence-electron chi connectivity index (χ0n) is 22.1. The zero-order chi connectivity index (χ0) is 27.9. The quantitative estimate of drug-likeness (QED) is 0.403. The fraction of sp³-hybridized carbons (Fsp3) is 0.310. The number of hydrogen-bond donors (Lipinski definition) is 1. The highest BCUT2D eigenvalue weighted by atomic mass is 32.2. The number of sulfonamides is 1. The van der Waals surface area contributed by atoms with Crippen molar-refractivity contribution < 1.29 is 22.4 Å². The van der Waals surface area contributed by atoms with E-state index in [0.717, 1.165) is 22.0 Å². The van der Waals surface area contributed by atoms with Gasteiger partial charge in [-0.1, -0.05) is 55.5 Å². The molecule has 38 heavy (non-hydrogen) atoms.